The van der Waals surface area contributed by atoms with Crippen LogP contribution in [0.25, 0.3) is 0 Å². The first-order valence-corrected chi connectivity index (χ1v) is 8.39. The lowest BCUT2D eigenvalue weighted by atomic mass is 10.3. The molecule has 1 unspecified atom stereocenters. The first kappa shape index (κ1) is 15.3. The van der Waals surface area contributed by atoms with Gasteiger partial charge in [0.1, 0.15) is 4.90 Å². The molecule has 0 amide bonds. The van der Waals surface area contributed by atoms with Crippen LogP contribution in [0.2, 0.25) is 0 Å². The van der Waals surface area contributed by atoms with E-state index in [0.29, 0.717) is 23.7 Å². The SMILES string of the molecule is CCCNc1ccccc1S(=O)(=O)N1CCC(OC)C1. The van der Waals surface area contributed by atoms with Crippen LogP contribution in [0.3, 0.4) is 0 Å². The molecule has 0 spiro atoms. The third-order valence-electron chi connectivity index (χ3n) is 3.51. The van der Waals surface area contributed by atoms with E-state index in [4.69, 9.17) is 4.74 Å². The predicted molar refractivity (Wildman–Crippen MR) is 79.4 cm³/mol. The number of sulfonamides is 1. The van der Waals surface area contributed by atoms with Crippen LogP contribution in [0, 0.1) is 0 Å². The Morgan fingerprint density at radius 2 is 2.15 bits per heavy atom. The number of benzene rings is 1. The number of nitrogens with zero attached hydrogens (tertiary/aromatic N) is 1. The Morgan fingerprint density at radius 3 is 2.80 bits per heavy atom. The fourth-order valence-electron chi connectivity index (χ4n) is 2.34. The van der Waals surface area contributed by atoms with Gasteiger partial charge in [0.05, 0.1) is 11.8 Å². The monoisotopic (exact) mass is 298 g/mol. The van der Waals surface area contributed by atoms with Gasteiger partial charge in [0, 0.05) is 26.7 Å². The number of hydrogen-bond donors (Lipinski definition) is 1. The molecule has 0 saturated carbocycles. The smallest absolute Gasteiger partial charge is 0.245 e. The number of para-hydroxylation sites is 1. The molecule has 0 radical (unpaired) electrons. The van der Waals surface area contributed by atoms with Crippen LogP contribution in [0.5, 0.6) is 0 Å². The van der Waals surface area contributed by atoms with Crippen LogP contribution in [0.15, 0.2) is 29.2 Å². The highest BCUT2D eigenvalue weighted by Crippen LogP contribution is 2.27. The van der Waals surface area contributed by atoms with E-state index in [9.17, 15) is 8.42 Å². The predicted octanol–water partition coefficient (Wildman–Crippen LogP) is 1.92. The molecule has 1 aliphatic rings. The Morgan fingerprint density at radius 1 is 1.40 bits per heavy atom. The molecule has 1 aromatic carbocycles. The molecule has 20 heavy (non-hydrogen) atoms. The average Bonchev–Trinajstić information content (AvgIpc) is 2.95. The molecular weight excluding hydrogens is 276 g/mol. The van der Waals surface area contributed by atoms with Crippen LogP contribution < -0.4 is 5.32 Å². The van der Waals surface area contributed by atoms with E-state index in [2.05, 4.69) is 5.32 Å². The van der Waals surface area contributed by atoms with E-state index in [1.54, 1.807) is 19.2 Å². The normalized spacial score (nSPS) is 20.2. The number of rotatable bonds is 6. The molecule has 0 aliphatic carbocycles. The van der Waals surface area contributed by atoms with Gasteiger partial charge in [-0.05, 0) is 25.0 Å². The molecule has 2 rings (SSSR count). The van der Waals surface area contributed by atoms with E-state index in [1.165, 1.54) is 4.31 Å². The molecule has 0 bridgehead atoms. The van der Waals surface area contributed by atoms with Gasteiger partial charge in [-0.3, -0.25) is 0 Å². The summed E-state index contributed by atoms with van der Waals surface area (Å²) in [5.74, 6) is 0. The molecule has 5 nitrogen and oxygen atoms in total. The lowest BCUT2D eigenvalue weighted by molar-refractivity contribution is 0.115. The maximum Gasteiger partial charge on any atom is 0.245 e. The number of anilines is 1. The summed E-state index contributed by atoms with van der Waals surface area (Å²) in [6.07, 6.45) is 1.70. The van der Waals surface area contributed by atoms with E-state index in [-0.39, 0.29) is 6.10 Å². The molecule has 1 heterocycles. The van der Waals surface area contributed by atoms with Gasteiger partial charge in [0.2, 0.25) is 10.0 Å². The van der Waals surface area contributed by atoms with Gasteiger partial charge in [-0.1, -0.05) is 19.1 Å². The van der Waals surface area contributed by atoms with Gasteiger partial charge in [0.15, 0.2) is 0 Å². The average molecular weight is 298 g/mol. The summed E-state index contributed by atoms with van der Waals surface area (Å²) in [6.45, 7) is 3.75. The highest BCUT2D eigenvalue weighted by atomic mass is 32.2. The number of nitrogens with one attached hydrogen (secondary N) is 1. The zero-order chi connectivity index (χ0) is 14.6. The van der Waals surface area contributed by atoms with Gasteiger partial charge in [0.25, 0.3) is 0 Å². The van der Waals surface area contributed by atoms with Gasteiger partial charge < -0.3 is 10.1 Å². The Balaban J connectivity index is 2.25. The zero-order valence-corrected chi connectivity index (χ0v) is 12.8. The summed E-state index contributed by atoms with van der Waals surface area (Å²) in [7, 11) is -1.83. The molecule has 1 saturated heterocycles. The lowest BCUT2D eigenvalue weighted by Gasteiger charge is -2.19. The van der Waals surface area contributed by atoms with Crippen molar-refractivity contribution in [3.05, 3.63) is 24.3 Å². The summed E-state index contributed by atoms with van der Waals surface area (Å²) >= 11 is 0. The van der Waals surface area contributed by atoms with Crippen LogP contribution in [0.1, 0.15) is 19.8 Å². The molecule has 0 aromatic heterocycles. The van der Waals surface area contributed by atoms with E-state index in [0.717, 1.165) is 19.4 Å². The van der Waals surface area contributed by atoms with Crippen molar-refractivity contribution in [2.45, 2.75) is 30.8 Å². The molecule has 6 heteroatoms. The van der Waals surface area contributed by atoms with Crippen molar-refractivity contribution >= 4 is 15.7 Å². The van der Waals surface area contributed by atoms with Crippen LogP contribution in [-0.4, -0.2) is 45.6 Å². The van der Waals surface area contributed by atoms with Gasteiger partial charge in [-0.15, -0.1) is 0 Å². The topological polar surface area (TPSA) is 58.6 Å². The quantitative estimate of drug-likeness (QED) is 0.871. The first-order valence-electron chi connectivity index (χ1n) is 6.95. The minimum Gasteiger partial charge on any atom is -0.384 e. The van der Waals surface area contributed by atoms with Crippen LogP contribution in [-0.2, 0) is 14.8 Å². The summed E-state index contributed by atoms with van der Waals surface area (Å²) in [5, 5.41) is 3.18. The van der Waals surface area contributed by atoms with Gasteiger partial charge >= 0.3 is 0 Å². The summed E-state index contributed by atoms with van der Waals surface area (Å²) < 4.78 is 32.2. The van der Waals surface area contributed by atoms with Crippen molar-refractivity contribution in [1.82, 2.24) is 4.31 Å². The Bertz CT molecular complexity index is 545. The second-order valence-electron chi connectivity index (χ2n) is 4.93. The molecular formula is C14H22N2O3S. The van der Waals surface area contributed by atoms with Crippen LogP contribution in [0.4, 0.5) is 5.69 Å². The second kappa shape index (κ2) is 6.56. The first-order chi connectivity index (χ1) is 9.59. The van der Waals surface area contributed by atoms with Gasteiger partial charge in [-0.25, -0.2) is 8.42 Å². The fraction of sp³-hybridized carbons (Fsp3) is 0.571. The molecule has 1 aromatic rings. The van der Waals surface area contributed by atoms with Crippen molar-refractivity contribution in [1.29, 1.82) is 0 Å². The highest BCUT2D eigenvalue weighted by Gasteiger charge is 2.33. The lowest BCUT2D eigenvalue weighted by Crippen LogP contribution is -2.30. The van der Waals surface area contributed by atoms with Crippen molar-refractivity contribution in [3.63, 3.8) is 0 Å². The minimum absolute atomic E-state index is 0.000498. The molecule has 1 N–H and O–H groups in total. The molecule has 1 atom stereocenters. The second-order valence-corrected chi connectivity index (χ2v) is 6.84. The van der Waals surface area contributed by atoms with E-state index in [1.807, 2.05) is 19.1 Å². The molecule has 112 valence electrons. The zero-order valence-electron chi connectivity index (χ0n) is 12.0. The number of ether oxygens (including phenoxy) is 1. The molecule has 1 fully saturated rings. The summed E-state index contributed by atoms with van der Waals surface area (Å²) in [5.41, 5.74) is 0.676. The third-order valence-corrected chi connectivity index (χ3v) is 5.43. The Hall–Kier alpha value is -1.11. The number of methoxy groups -OCH3 is 1. The summed E-state index contributed by atoms with van der Waals surface area (Å²) in [4.78, 5) is 0.352. The minimum atomic E-state index is -3.45. The molecule has 1 aliphatic heterocycles. The summed E-state index contributed by atoms with van der Waals surface area (Å²) in [6, 6.07) is 7.08. The van der Waals surface area contributed by atoms with Crippen molar-refractivity contribution in [2.75, 3.05) is 32.1 Å². The highest BCUT2D eigenvalue weighted by molar-refractivity contribution is 7.89. The van der Waals surface area contributed by atoms with E-state index < -0.39 is 10.0 Å². The largest absolute Gasteiger partial charge is 0.384 e. The van der Waals surface area contributed by atoms with Crippen molar-refractivity contribution in [2.24, 2.45) is 0 Å². The van der Waals surface area contributed by atoms with Gasteiger partial charge in [-0.2, -0.15) is 4.31 Å². The standard InChI is InChI=1S/C14H22N2O3S/c1-3-9-15-13-6-4-5-7-14(13)20(17,18)16-10-8-12(11-16)19-2/h4-7,12,15H,3,8-11H2,1-2H3. The number of hydrogen-bond acceptors (Lipinski definition) is 4. The Kier molecular flexibility index (Phi) is 5.01. The fourth-order valence-corrected chi connectivity index (χ4v) is 4.00. The van der Waals surface area contributed by atoms with Crippen LogP contribution >= 0.6 is 0 Å². The van der Waals surface area contributed by atoms with Crippen molar-refractivity contribution < 1.29 is 13.2 Å². The maximum atomic E-state index is 12.7. The van der Waals surface area contributed by atoms with E-state index >= 15 is 0 Å². The third kappa shape index (κ3) is 3.13. The maximum absolute atomic E-state index is 12.7. The Labute approximate surface area is 121 Å². The van der Waals surface area contributed by atoms with Crippen molar-refractivity contribution in [3.8, 4) is 0 Å².